The van der Waals surface area contributed by atoms with Crippen molar-refractivity contribution in [1.29, 1.82) is 0 Å². The fourth-order valence-electron chi connectivity index (χ4n) is 1.19. The van der Waals surface area contributed by atoms with Crippen molar-refractivity contribution in [3.8, 4) is 11.3 Å². The first-order chi connectivity index (χ1) is 7.25. The lowest BCUT2D eigenvalue weighted by atomic mass is 10.1. The molecule has 2 aromatic rings. The molecule has 0 atom stereocenters. The van der Waals surface area contributed by atoms with Crippen LogP contribution in [0, 0.1) is 5.51 Å². The molecule has 0 aliphatic carbocycles. The summed E-state index contributed by atoms with van der Waals surface area (Å²) < 4.78 is 0. The van der Waals surface area contributed by atoms with E-state index >= 15 is 0 Å². The fraction of sp³-hybridized carbons (Fsp3) is 0. The maximum absolute atomic E-state index is 10.6. The first kappa shape index (κ1) is 10.1. The average Bonchev–Trinajstić information content (AvgIpc) is 2.69. The summed E-state index contributed by atoms with van der Waals surface area (Å²) in [6, 6.07) is 7.31. The standard InChI is InChI=1S/C10H6ClN2OS/c11-10(14)13-8-3-1-2-7(4-8)9-5-15-6-12-9/h1-5H,(H,13,14). The van der Waals surface area contributed by atoms with Gasteiger partial charge in [0.1, 0.15) is 0 Å². The van der Waals surface area contributed by atoms with E-state index < -0.39 is 5.37 Å². The molecule has 75 valence electrons. The predicted molar refractivity (Wildman–Crippen MR) is 61.3 cm³/mol. The molecular formula is C10H6ClN2OS. The van der Waals surface area contributed by atoms with Crippen molar-refractivity contribution in [2.24, 2.45) is 0 Å². The Bertz CT molecular complexity index is 470. The summed E-state index contributed by atoms with van der Waals surface area (Å²) >= 11 is 6.62. The number of carbonyl (C=O) groups is 1. The molecule has 3 nitrogen and oxygen atoms in total. The van der Waals surface area contributed by atoms with Crippen LogP contribution in [0.5, 0.6) is 0 Å². The van der Waals surface area contributed by atoms with E-state index in [1.807, 2.05) is 23.6 Å². The fourth-order valence-corrected chi connectivity index (χ4v) is 1.80. The van der Waals surface area contributed by atoms with Gasteiger partial charge in [-0.25, -0.2) is 4.98 Å². The number of thiazole rings is 1. The third kappa shape index (κ3) is 2.55. The third-order valence-electron chi connectivity index (χ3n) is 1.79. The van der Waals surface area contributed by atoms with Crippen LogP contribution in [0.1, 0.15) is 0 Å². The molecule has 0 spiro atoms. The highest BCUT2D eigenvalue weighted by Crippen LogP contribution is 2.22. The molecule has 1 heterocycles. The van der Waals surface area contributed by atoms with E-state index in [2.05, 4.69) is 15.8 Å². The van der Waals surface area contributed by atoms with Crippen LogP contribution in [-0.4, -0.2) is 10.4 Å². The van der Waals surface area contributed by atoms with Gasteiger partial charge in [0.25, 0.3) is 0 Å². The Kier molecular flexibility index (Phi) is 2.99. The van der Waals surface area contributed by atoms with Gasteiger partial charge in [-0.2, -0.15) is 0 Å². The molecule has 1 aromatic heterocycles. The second kappa shape index (κ2) is 4.42. The first-order valence-corrected chi connectivity index (χ1v) is 5.40. The number of rotatable bonds is 2. The van der Waals surface area contributed by atoms with Crippen LogP contribution in [0.4, 0.5) is 10.5 Å². The number of anilines is 1. The van der Waals surface area contributed by atoms with E-state index in [4.69, 9.17) is 11.6 Å². The Balaban J connectivity index is 2.31. The molecule has 1 aromatic carbocycles. The van der Waals surface area contributed by atoms with Gasteiger partial charge in [-0.15, -0.1) is 11.3 Å². The van der Waals surface area contributed by atoms with Gasteiger partial charge in [-0.3, -0.25) is 4.79 Å². The van der Waals surface area contributed by atoms with E-state index in [9.17, 15) is 4.79 Å². The molecule has 0 aliphatic rings. The van der Waals surface area contributed by atoms with Gasteiger partial charge in [0, 0.05) is 16.6 Å². The monoisotopic (exact) mass is 237 g/mol. The lowest BCUT2D eigenvalue weighted by Gasteiger charge is -2.02. The molecule has 1 amide bonds. The lowest BCUT2D eigenvalue weighted by Crippen LogP contribution is -2.00. The number of hydrogen-bond donors (Lipinski definition) is 1. The van der Waals surface area contributed by atoms with Gasteiger partial charge in [0.05, 0.1) is 5.69 Å². The van der Waals surface area contributed by atoms with Crippen molar-refractivity contribution in [3.63, 3.8) is 0 Å². The molecule has 1 N–H and O–H groups in total. The molecule has 1 radical (unpaired) electrons. The summed E-state index contributed by atoms with van der Waals surface area (Å²) in [7, 11) is 0. The molecule has 0 aliphatic heterocycles. The molecule has 5 heteroatoms. The number of halogens is 1. The molecule has 0 fully saturated rings. The highest BCUT2D eigenvalue weighted by atomic mass is 35.5. The quantitative estimate of drug-likeness (QED) is 0.643. The van der Waals surface area contributed by atoms with Crippen molar-refractivity contribution in [2.45, 2.75) is 0 Å². The topological polar surface area (TPSA) is 42.0 Å². The summed E-state index contributed by atoms with van der Waals surface area (Å²) in [5.74, 6) is 0. The van der Waals surface area contributed by atoms with Gasteiger partial charge < -0.3 is 5.32 Å². The van der Waals surface area contributed by atoms with E-state index in [1.54, 1.807) is 6.07 Å². The van der Waals surface area contributed by atoms with E-state index in [1.165, 1.54) is 11.3 Å². The predicted octanol–water partition coefficient (Wildman–Crippen LogP) is 3.38. The number of amides is 1. The molecule has 2 rings (SSSR count). The van der Waals surface area contributed by atoms with Crippen LogP contribution >= 0.6 is 22.9 Å². The van der Waals surface area contributed by atoms with Crippen molar-refractivity contribution >= 4 is 34.0 Å². The Labute approximate surface area is 95.7 Å². The number of carbonyl (C=O) groups excluding carboxylic acids is 1. The van der Waals surface area contributed by atoms with Crippen molar-refractivity contribution < 1.29 is 4.79 Å². The summed E-state index contributed by atoms with van der Waals surface area (Å²) in [5, 5.41) is 3.79. The van der Waals surface area contributed by atoms with Crippen molar-refractivity contribution in [1.82, 2.24) is 4.98 Å². The van der Waals surface area contributed by atoms with E-state index in [0.717, 1.165) is 11.3 Å². The van der Waals surface area contributed by atoms with E-state index in [0.29, 0.717) is 5.69 Å². The van der Waals surface area contributed by atoms with Crippen LogP contribution in [-0.2, 0) is 0 Å². The van der Waals surface area contributed by atoms with Gasteiger partial charge in [-0.05, 0) is 23.7 Å². The minimum absolute atomic E-state index is 0.600. The minimum Gasteiger partial charge on any atom is -0.312 e. The number of nitrogens with one attached hydrogen (secondary N) is 1. The first-order valence-electron chi connectivity index (χ1n) is 4.14. The van der Waals surface area contributed by atoms with Gasteiger partial charge in [0.15, 0.2) is 5.51 Å². The van der Waals surface area contributed by atoms with Crippen molar-refractivity contribution in [2.75, 3.05) is 5.32 Å². The maximum Gasteiger partial charge on any atom is 0.318 e. The van der Waals surface area contributed by atoms with Gasteiger partial charge >= 0.3 is 5.37 Å². The number of aromatic nitrogens is 1. The summed E-state index contributed by atoms with van der Waals surface area (Å²) in [6.07, 6.45) is 0. The SMILES string of the molecule is O=C(Cl)Nc1cccc(-c2cs[c]n2)c1. The largest absolute Gasteiger partial charge is 0.318 e. The number of benzene rings is 1. The molecule has 0 saturated carbocycles. The van der Waals surface area contributed by atoms with Crippen LogP contribution in [0.15, 0.2) is 29.6 Å². The normalized spacial score (nSPS) is 9.93. The Morgan fingerprint density at radius 2 is 2.40 bits per heavy atom. The molecule has 0 saturated heterocycles. The maximum atomic E-state index is 10.6. The van der Waals surface area contributed by atoms with Crippen LogP contribution < -0.4 is 5.32 Å². The van der Waals surface area contributed by atoms with Crippen LogP contribution in [0.25, 0.3) is 11.3 Å². The molecule has 0 unspecified atom stereocenters. The zero-order chi connectivity index (χ0) is 10.7. The average molecular weight is 238 g/mol. The molecular weight excluding hydrogens is 232 g/mol. The second-order valence-electron chi connectivity index (χ2n) is 2.80. The van der Waals surface area contributed by atoms with Crippen molar-refractivity contribution in [3.05, 3.63) is 35.2 Å². The lowest BCUT2D eigenvalue weighted by molar-refractivity contribution is 0.269. The highest BCUT2D eigenvalue weighted by Gasteiger charge is 2.02. The number of nitrogens with zero attached hydrogens (tertiary/aromatic N) is 1. The zero-order valence-electron chi connectivity index (χ0n) is 7.53. The Morgan fingerprint density at radius 1 is 1.53 bits per heavy atom. The number of hydrogen-bond acceptors (Lipinski definition) is 3. The second-order valence-corrected chi connectivity index (χ2v) is 3.80. The minimum atomic E-state index is -0.600. The summed E-state index contributed by atoms with van der Waals surface area (Å²) in [6.45, 7) is 0. The van der Waals surface area contributed by atoms with Gasteiger partial charge in [0.2, 0.25) is 0 Å². The molecule has 15 heavy (non-hydrogen) atoms. The molecule has 0 bridgehead atoms. The van der Waals surface area contributed by atoms with E-state index in [-0.39, 0.29) is 0 Å². The highest BCUT2D eigenvalue weighted by molar-refractivity contribution is 7.07. The van der Waals surface area contributed by atoms with Gasteiger partial charge in [-0.1, -0.05) is 12.1 Å². The zero-order valence-corrected chi connectivity index (χ0v) is 9.10. The summed E-state index contributed by atoms with van der Waals surface area (Å²) in [4.78, 5) is 14.7. The van der Waals surface area contributed by atoms with Crippen LogP contribution in [0.2, 0.25) is 0 Å². The summed E-state index contributed by atoms with van der Waals surface area (Å²) in [5.41, 5.74) is 5.18. The smallest absolute Gasteiger partial charge is 0.312 e. The van der Waals surface area contributed by atoms with Crippen LogP contribution in [0.3, 0.4) is 0 Å². The third-order valence-corrected chi connectivity index (χ3v) is 2.42. The Morgan fingerprint density at radius 3 is 3.07 bits per heavy atom. The Hall–Kier alpha value is -1.39.